The van der Waals surface area contributed by atoms with Gasteiger partial charge in [-0.2, -0.15) is 0 Å². The zero-order valence-electron chi connectivity index (χ0n) is 8.84. The molecule has 76 valence electrons. The molecule has 0 aromatic carbocycles. The van der Waals surface area contributed by atoms with E-state index in [9.17, 15) is 4.79 Å². The minimum atomic E-state index is -0.621. The molecule has 0 heterocycles. The van der Waals surface area contributed by atoms with Gasteiger partial charge < -0.3 is 10.6 Å². The van der Waals surface area contributed by atoms with E-state index < -0.39 is 5.54 Å². The summed E-state index contributed by atoms with van der Waals surface area (Å²) in [6, 6.07) is 0. The Morgan fingerprint density at radius 3 is 2.54 bits per heavy atom. The Morgan fingerprint density at radius 2 is 2.15 bits per heavy atom. The van der Waals surface area contributed by atoms with Gasteiger partial charge in [0, 0.05) is 13.6 Å². The minimum absolute atomic E-state index is 0.0943. The van der Waals surface area contributed by atoms with Crippen LogP contribution in [-0.2, 0) is 4.79 Å². The normalized spacial score (nSPS) is 20.9. The molecule has 1 fully saturated rings. The van der Waals surface area contributed by atoms with Crippen LogP contribution in [-0.4, -0.2) is 29.9 Å². The van der Waals surface area contributed by atoms with Crippen molar-refractivity contribution in [1.29, 1.82) is 0 Å². The maximum absolute atomic E-state index is 11.8. The first-order valence-corrected chi connectivity index (χ1v) is 5.04. The van der Waals surface area contributed by atoms with E-state index in [1.165, 1.54) is 0 Å². The topological polar surface area (TPSA) is 46.3 Å². The summed E-state index contributed by atoms with van der Waals surface area (Å²) in [6.07, 6.45) is 3.21. The highest BCUT2D eigenvalue weighted by Gasteiger charge is 2.45. The van der Waals surface area contributed by atoms with Crippen LogP contribution in [0.5, 0.6) is 0 Å². The van der Waals surface area contributed by atoms with Crippen molar-refractivity contribution >= 4 is 5.91 Å². The Kier molecular flexibility index (Phi) is 2.96. The Balaban J connectivity index is 2.54. The van der Waals surface area contributed by atoms with Crippen molar-refractivity contribution in [2.45, 2.75) is 38.6 Å². The lowest BCUT2D eigenvalue weighted by atomic mass is 9.95. The van der Waals surface area contributed by atoms with Crippen molar-refractivity contribution in [3.63, 3.8) is 0 Å². The number of nitrogens with two attached hydrogens (primary N) is 1. The molecule has 0 saturated heterocycles. The predicted octanol–water partition coefficient (Wildman–Crippen LogP) is 0.982. The van der Waals surface area contributed by atoms with Gasteiger partial charge in [-0.3, -0.25) is 4.79 Å². The summed E-state index contributed by atoms with van der Waals surface area (Å²) < 4.78 is 0. The average Bonchev–Trinajstić information content (AvgIpc) is 2.85. The molecule has 1 atom stereocenters. The van der Waals surface area contributed by atoms with Crippen LogP contribution in [0.2, 0.25) is 0 Å². The number of nitrogens with zero attached hydrogens (tertiary/aromatic N) is 1. The first-order valence-electron chi connectivity index (χ1n) is 5.04. The van der Waals surface area contributed by atoms with E-state index in [0.717, 1.165) is 25.8 Å². The molecule has 1 unspecified atom stereocenters. The van der Waals surface area contributed by atoms with Crippen LogP contribution in [0.1, 0.15) is 33.1 Å². The van der Waals surface area contributed by atoms with Crippen LogP contribution in [0.25, 0.3) is 0 Å². The summed E-state index contributed by atoms with van der Waals surface area (Å²) >= 11 is 0. The lowest BCUT2D eigenvalue weighted by molar-refractivity contribution is -0.135. The van der Waals surface area contributed by atoms with Crippen molar-refractivity contribution in [2.24, 2.45) is 11.7 Å². The smallest absolute Gasteiger partial charge is 0.242 e. The monoisotopic (exact) mass is 184 g/mol. The van der Waals surface area contributed by atoms with Crippen molar-refractivity contribution in [3.05, 3.63) is 0 Å². The summed E-state index contributed by atoms with van der Waals surface area (Å²) in [4.78, 5) is 13.6. The van der Waals surface area contributed by atoms with Gasteiger partial charge >= 0.3 is 0 Å². The number of hydrogen-bond donors (Lipinski definition) is 1. The summed E-state index contributed by atoms with van der Waals surface area (Å²) in [7, 11) is 1.83. The SMILES string of the molecule is CCCN(C)C(=O)C(C)(N)C1CC1. The molecule has 0 bridgehead atoms. The molecule has 0 aromatic heterocycles. The second-order valence-electron chi connectivity index (χ2n) is 4.28. The number of rotatable bonds is 4. The molecule has 0 radical (unpaired) electrons. The Hall–Kier alpha value is -0.570. The number of carbonyl (C=O) groups excluding carboxylic acids is 1. The molecule has 13 heavy (non-hydrogen) atoms. The van der Waals surface area contributed by atoms with E-state index >= 15 is 0 Å². The fraction of sp³-hybridized carbons (Fsp3) is 0.900. The molecule has 1 aliphatic carbocycles. The van der Waals surface area contributed by atoms with E-state index in [-0.39, 0.29) is 5.91 Å². The third-order valence-electron chi connectivity index (χ3n) is 2.79. The van der Waals surface area contributed by atoms with Gasteiger partial charge in [-0.1, -0.05) is 6.92 Å². The van der Waals surface area contributed by atoms with E-state index in [4.69, 9.17) is 5.73 Å². The van der Waals surface area contributed by atoms with Crippen molar-refractivity contribution in [3.8, 4) is 0 Å². The zero-order valence-corrected chi connectivity index (χ0v) is 8.84. The molecule has 1 rings (SSSR count). The van der Waals surface area contributed by atoms with Gasteiger partial charge in [0.1, 0.15) is 0 Å². The van der Waals surface area contributed by atoms with Gasteiger partial charge in [-0.05, 0) is 32.1 Å². The fourth-order valence-corrected chi connectivity index (χ4v) is 1.71. The lowest BCUT2D eigenvalue weighted by Gasteiger charge is -2.29. The summed E-state index contributed by atoms with van der Waals surface area (Å²) in [5.74, 6) is 0.510. The molecule has 1 aliphatic rings. The molecule has 0 aromatic rings. The van der Waals surface area contributed by atoms with E-state index in [0.29, 0.717) is 5.92 Å². The molecule has 3 nitrogen and oxygen atoms in total. The molecule has 1 saturated carbocycles. The predicted molar refractivity (Wildman–Crippen MR) is 53.2 cm³/mol. The van der Waals surface area contributed by atoms with E-state index in [1.54, 1.807) is 4.90 Å². The molecule has 2 N–H and O–H groups in total. The third-order valence-corrected chi connectivity index (χ3v) is 2.79. The van der Waals surface area contributed by atoms with Gasteiger partial charge in [0.15, 0.2) is 0 Å². The fourth-order valence-electron chi connectivity index (χ4n) is 1.71. The largest absolute Gasteiger partial charge is 0.344 e. The number of carbonyl (C=O) groups is 1. The third kappa shape index (κ3) is 2.21. The minimum Gasteiger partial charge on any atom is -0.344 e. The number of amides is 1. The Bertz CT molecular complexity index is 197. The molecule has 0 spiro atoms. The zero-order chi connectivity index (χ0) is 10.1. The maximum atomic E-state index is 11.8. The highest BCUT2D eigenvalue weighted by atomic mass is 16.2. The van der Waals surface area contributed by atoms with Gasteiger partial charge in [0.2, 0.25) is 5.91 Å². The molecular formula is C10H20N2O. The quantitative estimate of drug-likeness (QED) is 0.708. The van der Waals surface area contributed by atoms with Crippen LogP contribution in [0.15, 0.2) is 0 Å². The van der Waals surface area contributed by atoms with Crippen LogP contribution in [0.3, 0.4) is 0 Å². The first kappa shape index (κ1) is 10.5. The maximum Gasteiger partial charge on any atom is 0.242 e. The average molecular weight is 184 g/mol. The molecular weight excluding hydrogens is 164 g/mol. The second-order valence-corrected chi connectivity index (χ2v) is 4.28. The summed E-state index contributed by atoms with van der Waals surface area (Å²) in [5.41, 5.74) is 5.38. The van der Waals surface area contributed by atoms with Crippen molar-refractivity contribution in [1.82, 2.24) is 4.90 Å². The van der Waals surface area contributed by atoms with E-state index in [2.05, 4.69) is 6.92 Å². The van der Waals surface area contributed by atoms with Crippen molar-refractivity contribution < 1.29 is 4.79 Å². The summed E-state index contributed by atoms with van der Waals surface area (Å²) in [5, 5.41) is 0. The highest BCUT2D eigenvalue weighted by Crippen LogP contribution is 2.38. The molecule has 0 aliphatic heterocycles. The van der Waals surface area contributed by atoms with Crippen LogP contribution < -0.4 is 5.73 Å². The van der Waals surface area contributed by atoms with Crippen LogP contribution in [0, 0.1) is 5.92 Å². The Morgan fingerprint density at radius 1 is 1.62 bits per heavy atom. The lowest BCUT2D eigenvalue weighted by Crippen LogP contribution is -2.53. The summed E-state index contributed by atoms with van der Waals surface area (Å²) in [6.45, 7) is 4.73. The molecule has 1 amide bonds. The number of hydrogen-bond acceptors (Lipinski definition) is 2. The van der Waals surface area contributed by atoms with E-state index in [1.807, 2.05) is 14.0 Å². The van der Waals surface area contributed by atoms with Gasteiger partial charge in [-0.25, -0.2) is 0 Å². The van der Waals surface area contributed by atoms with Gasteiger partial charge in [0.25, 0.3) is 0 Å². The molecule has 3 heteroatoms. The Labute approximate surface area is 80.3 Å². The van der Waals surface area contributed by atoms with Crippen LogP contribution >= 0.6 is 0 Å². The van der Waals surface area contributed by atoms with Gasteiger partial charge in [0.05, 0.1) is 5.54 Å². The first-order chi connectivity index (χ1) is 6.00. The van der Waals surface area contributed by atoms with Crippen LogP contribution in [0.4, 0.5) is 0 Å². The van der Waals surface area contributed by atoms with Crippen molar-refractivity contribution in [2.75, 3.05) is 13.6 Å². The van der Waals surface area contributed by atoms with Gasteiger partial charge in [-0.15, -0.1) is 0 Å². The second kappa shape index (κ2) is 3.66. The highest BCUT2D eigenvalue weighted by molar-refractivity contribution is 5.86. The number of likely N-dealkylation sites (N-methyl/N-ethyl adjacent to an activating group) is 1. The standard InChI is InChI=1S/C10H20N2O/c1-4-7-12(3)9(13)10(2,11)8-5-6-8/h8H,4-7,11H2,1-3H3.